The summed E-state index contributed by atoms with van der Waals surface area (Å²) in [6.07, 6.45) is 0. The van der Waals surface area contributed by atoms with Crippen LogP contribution in [-0.2, 0) is 19.8 Å². The molecule has 0 unspecified atom stereocenters. The molecule has 3 aromatic rings. The number of hydrogen-bond acceptors (Lipinski definition) is 5. The van der Waals surface area contributed by atoms with Crippen LogP contribution >= 0.6 is 35.2 Å². The van der Waals surface area contributed by atoms with E-state index in [4.69, 9.17) is 33.7 Å². The molecular weight excluding hydrogens is 388 g/mol. The van der Waals surface area contributed by atoms with Gasteiger partial charge in [0.2, 0.25) is 0 Å². The molecule has 0 atom stereocenters. The molecule has 0 aliphatic carbocycles. The molecule has 26 heavy (non-hydrogen) atoms. The van der Waals surface area contributed by atoms with Gasteiger partial charge < -0.3 is 4.74 Å². The maximum atomic E-state index is 6.13. The highest BCUT2D eigenvalue weighted by atomic mass is 35.5. The second kappa shape index (κ2) is 8.35. The molecule has 0 aliphatic heterocycles. The average Bonchev–Trinajstić information content (AvgIpc) is 3.24. The van der Waals surface area contributed by atoms with Gasteiger partial charge >= 0.3 is 0 Å². The fraction of sp³-hybridized carbons (Fsp3) is 0.333. The van der Waals surface area contributed by atoms with Crippen molar-refractivity contribution < 1.29 is 4.74 Å². The minimum Gasteiger partial charge on any atom is -0.496 e. The van der Waals surface area contributed by atoms with Gasteiger partial charge in [0.15, 0.2) is 10.6 Å². The number of halogens is 1. The quantitative estimate of drug-likeness (QED) is 0.520. The van der Waals surface area contributed by atoms with Crippen LogP contribution in [0.5, 0.6) is 5.75 Å². The normalized spacial score (nSPS) is 11.3. The Kier molecular flexibility index (Phi) is 6.13. The van der Waals surface area contributed by atoms with E-state index >= 15 is 0 Å². The summed E-state index contributed by atoms with van der Waals surface area (Å²) in [5.41, 5.74) is 1.03. The van der Waals surface area contributed by atoms with Crippen molar-refractivity contribution in [1.82, 2.24) is 19.2 Å². The second-order valence-corrected chi connectivity index (χ2v) is 7.69. The molecule has 3 rings (SSSR count). The molecule has 0 amide bonds. The van der Waals surface area contributed by atoms with Crippen molar-refractivity contribution in [3.05, 3.63) is 51.1 Å². The van der Waals surface area contributed by atoms with Gasteiger partial charge in [-0.15, -0.1) is 16.4 Å². The third-order valence-corrected chi connectivity index (χ3v) is 5.57. The van der Waals surface area contributed by atoms with Crippen molar-refractivity contribution in [2.45, 2.75) is 26.7 Å². The Hall–Kier alpha value is -1.67. The van der Waals surface area contributed by atoms with Crippen LogP contribution in [0.4, 0.5) is 0 Å². The van der Waals surface area contributed by atoms with E-state index in [1.807, 2.05) is 36.0 Å². The molecule has 0 spiro atoms. The van der Waals surface area contributed by atoms with Crippen LogP contribution in [0.3, 0.4) is 0 Å². The van der Waals surface area contributed by atoms with Crippen LogP contribution in [-0.4, -0.2) is 33.4 Å². The summed E-state index contributed by atoms with van der Waals surface area (Å²) >= 11 is 13.4. The smallest absolute Gasteiger partial charge is 0.199 e. The number of aromatic nitrogens is 3. The summed E-state index contributed by atoms with van der Waals surface area (Å²) in [6.45, 7) is 4.13. The maximum absolute atomic E-state index is 6.13. The summed E-state index contributed by atoms with van der Waals surface area (Å²) in [5.74, 6) is 1.74. The Bertz CT molecular complexity index is 933. The Morgan fingerprint density at radius 2 is 2.15 bits per heavy atom. The lowest BCUT2D eigenvalue weighted by Crippen LogP contribution is -2.23. The van der Waals surface area contributed by atoms with Gasteiger partial charge in [0.05, 0.1) is 18.7 Å². The zero-order valence-corrected chi connectivity index (χ0v) is 17.4. The fourth-order valence-electron chi connectivity index (χ4n) is 2.85. The van der Waals surface area contributed by atoms with Gasteiger partial charge in [-0.1, -0.05) is 17.7 Å². The van der Waals surface area contributed by atoms with Crippen molar-refractivity contribution in [3.8, 4) is 16.5 Å². The van der Waals surface area contributed by atoms with E-state index < -0.39 is 0 Å². The number of hydrogen-bond donors (Lipinski definition) is 0. The van der Waals surface area contributed by atoms with Crippen molar-refractivity contribution in [1.29, 1.82) is 0 Å². The summed E-state index contributed by atoms with van der Waals surface area (Å²) < 4.78 is 10.1. The van der Waals surface area contributed by atoms with Crippen LogP contribution in [0.2, 0.25) is 5.02 Å². The van der Waals surface area contributed by atoms with E-state index in [2.05, 4.69) is 27.8 Å². The number of thiophene rings is 1. The summed E-state index contributed by atoms with van der Waals surface area (Å²) in [7, 11) is 3.69. The number of rotatable bonds is 7. The molecule has 0 fully saturated rings. The predicted octanol–water partition coefficient (Wildman–Crippen LogP) is 4.91. The minimum atomic E-state index is 0.583. The van der Waals surface area contributed by atoms with Crippen LogP contribution in [0.25, 0.3) is 10.7 Å². The highest BCUT2D eigenvalue weighted by molar-refractivity contribution is 7.71. The number of ether oxygens (including phenoxy) is 1. The lowest BCUT2D eigenvalue weighted by Gasteiger charge is -2.18. The average molecular weight is 409 g/mol. The Labute approximate surface area is 167 Å². The second-order valence-electron chi connectivity index (χ2n) is 5.94. The number of methoxy groups -OCH3 is 1. The van der Waals surface area contributed by atoms with Crippen LogP contribution in [0, 0.1) is 4.77 Å². The molecule has 0 aliphatic rings. The molecule has 0 radical (unpaired) electrons. The molecule has 0 saturated carbocycles. The van der Waals surface area contributed by atoms with Gasteiger partial charge in [0.1, 0.15) is 5.75 Å². The number of nitrogens with zero attached hydrogens (tertiary/aromatic N) is 4. The minimum absolute atomic E-state index is 0.583. The SMILES string of the molecule is CCn1c(-c2cccs2)nn(CN(C)Cc2cc(Cl)ccc2OC)c1=S. The van der Waals surface area contributed by atoms with Gasteiger partial charge in [-0.05, 0) is 55.8 Å². The lowest BCUT2D eigenvalue weighted by molar-refractivity contribution is 0.240. The standard InChI is InChI=1S/C18H21ClN4OS2/c1-4-22-17(16-6-5-9-26-16)20-23(18(22)25)12-21(2)11-13-10-14(19)7-8-15(13)24-3/h5-10H,4,11-12H2,1-3H3. The van der Waals surface area contributed by atoms with E-state index in [9.17, 15) is 0 Å². The molecule has 2 heterocycles. The predicted molar refractivity (Wildman–Crippen MR) is 110 cm³/mol. The topological polar surface area (TPSA) is 35.2 Å². The molecule has 1 aromatic carbocycles. The van der Waals surface area contributed by atoms with Crippen LogP contribution in [0.1, 0.15) is 12.5 Å². The van der Waals surface area contributed by atoms with Crippen LogP contribution in [0.15, 0.2) is 35.7 Å². The first kappa shape index (κ1) is 19.1. The first-order valence-electron chi connectivity index (χ1n) is 8.26. The molecule has 0 N–H and O–H groups in total. The molecular formula is C18H21ClN4OS2. The van der Waals surface area contributed by atoms with E-state index in [1.165, 1.54) is 0 Å². The largest absolute Gasteiger partial charge is 0.496 e. The summed E-state index contributed by atoms with van der Waals surface area (Å²) in [4.78, 5) is 3.26. The first-order valence-corrected chi connectivity index (χ1v) is 9.92. The van der Waals surface area contributed by atoms with E-state index in [1.54, 1.807) is 18.4 Å². The zero-order chi connectivity index (χ0) is 18.7. The summed E-state index contributed by atoms with van der Waals surface area (Å²) in [6, 6.07) is 9.74. The van der Waals surface area contributed by atoms with Gasteiger partial charge in [0.25, 0.3) is 0 Å². The van der Waals surface area contributed by atoms with E-state index in [-0.39, 0.29) is 0 Å². The monoisotopic (exact) mass is 408 g/mol. The Morgan fingerprint density at radius 1 is 1.35 bits per heavy atom. The van der Waals surface area contributed by atoms with Gasteiger partial charge in [0, 0.05) is 23.7 Å². The van der Waals surface area contributed by atoms with Gasteiger partial charge in [-0.25, -0.2) is 4.68 Å². The van der Waals surface area contributed by atoms with Crippen molar-refractivity contribution in [2.24, 2.45) is 0 Å². The van der Waals surface area contributed by atoms with Gasteiger partial charge in [-0.2, -0.15) is 0 Å². The van der Waals surface area contributed by atoms with Crippen molar-refractivity contribution >= 4 is 35.2 Å². The lowest BCUT2D eigenvalue weighted by atomic mass is 10.2. The maximum Gasteiger partial charge on any atom is 0.199 e. The fourth-order valence-corrected chi connectivity index (χ4v) is 4.07. The van der Waals surface area contributed by atoms with Crippen molar-refractivity contribution in [2.75, 3.05) is 14.2 Å². The van der Waals surface area contributed by atoms with Crippen molar-refractivity contribution in [3.63, 3.8) is 0 Å². The third-order valence-electron chi connectivity index (χ3n) is 4.04. The molecule has 5 nitrogen and oxygen atoms in total. The highest BCUT2D eigenvalue weighted by Crippen LogP contribution is 2.25. The molecule has 8 heteroatoms. The van der Waals surface area contributed by atoms with Gasteiger partial charge in [-0.3, -0.25) is 9.47 Å². The molecule has 2 aromatic heterocycles. The van der Waals surface area contributed by atoms with E-state index in [0.29, 0.717) is 18.2 Å². The summed E-state index contributed by atoms with van der Waals surface area (Å²) in [5, 5.41) is 7.50. The first-order chi connectivity index (χ1) is 12.5. The molecule has 0 bridgehead atoms. The van der Waals surface area contributed by atoms with Crippen LogP contribution < -0.4 is 4.74 Å². The Morgan fingerprint density at radius 3 is 2.81 bits per heavy atom. The number of benzene rings is 1. The molecule has 0 saturated heterocycles. The third kappa shape index (κ3) is 4.01. The van der Waals surface area contributed by atoms with E-state index in [0.717, 1.165) is 33.3 Å². The zero-order valence-electron chi connectivity index (χ0n) is 15.0. The highest BCUT2D eigenvalue weighted by Gasteiger charge is 2.14. The Balaban J connectivity index is 1.83. The molecule has 138 valence electrons.